The number of fused-ring (bicyclic) bond motifs is 2. The molecule has 588 valence electrons. The summed E-state index contributed by atoms with van der Waals surface area (Å²) in [6.45, 7) is 41.2. The lowest BCUT2D eigenvalue weighted by Gasteiger charge is -2.19. The number of carbonyl (C=O) groups excluding carboxylic acids is 4. The van der Waals surface area contributed by atoms with Gasteiger partial charge in [0.25, 0.3) is 0 Å². The number of nitrogens with zero attached hydrogens (tertiary/aromatic N) is 8. The predicted molar refractivity (Wildman–Crippen MR) is 445 cm³/mol. The van der Waals surface area contributed by atoms with Crippen molar-refractivity contribution in [3.05, 3.63) is 223 Å². The van der Waals surface area contributed by atoms with Crippen LogP contribution >= 0.6 is 0 Å². The molecule has 4 amide bonds. The Labute approximate surface area is 652 Å². The van der Waals surface area contributed by atoms with Gasteiger partial charge < -0.3 is 46.9 Å². The average Bonchev–Trinajstić information content (AvgIpc) is 1.62. The van der Waals surface area contributed by atoms with Gasteiger partial charge in [-0.2, -0.15) is 0 Å². The van der Waals surface area contributed by atoms with Crippen molar-refractivity contribution >= 4 is 57.6 Å². The van der Waals surface area contributed by atoms with Crippen LogP contribution in [0.1, 0.15) is 210 Å². The lowest BCUT2D eigenvalue weighted by molar-refractivity contribution is -0.116. The van der Waals surface area contributed by atoms with Crippen molar-refractivity contribution in [2.24, 2.45) is 5.73 Å². The Kier molecular flexibility index (Phi) is 31.7. The molecule has 0 fully saturated rings. The van der Waals surface area contributed by atoms with Gasteiger partial charge in [-0.05, 0) is 275 Å². The topological polar surface area (TPSA) is 283 Å². The number of imidazole rings is 2. The highest BCUT2D eigenvalue weighted by atomic mass is 16.6. The second-order valence-corrected chi connectivity index (χ2v) is 31.2. The van der Waals surface area contributed by atoms with Gasteiger partial charge in [-0.1, -0.05) is 93.6 Å². The molecule has 0 atom stereocenters. The average molecular weight is 1500 g/mol. The van der Waals surface area contributed by atoms with E-state index in [0.717, 1.165) is 194 Å². The van der Waals surface area contributed by atoms with Crippen LogP contribution in [-0.2, 0) is 70.4 Å². The summed E-state index contributed by atoms with van der Waals surface area (Å²) in [6, 6.07) is 42.1. The van der Waals surface area contributed by atoms with Gasteiger partial charge in [0.1, 0.15) is 39.5 Å². The molecule has 6 aromatic heterocycles. The Hall–Kier alpha value is -10.5. The van der Waals surface area contributed by atoms with Gasteiger partial charge in [0.05, 0.1) is 45.2 Å². The maximum Gasteiger partial charge on any atom is 0.407 e. The summed E-state index contributed by atoms with van der Waals surface area (Å²) in [7, 11) is 0. The summed E-state index contributed by atoms with van der Waals surface area (Å²) >= 11 is 0. The molecule has 0 unspecified atom stereocenters. The first-order valence-electron chi connectivity index (χ1n) is 38.7. The molecule has 0 saturated heterocycles. The van der Waals surface area contributed by atoms with E-state index in [4.69, 9.17) is 35.6 Å². The smallest absolute Gasteiger partial charge is 0.407 e. The van der Waals surface area contributed by atoms with Crippen molar-refractivity contribution < 1.29 is 33.4 Å². The number of benzene rings is 4. The van der Waals surface area contributed by atoms with E-state index >= 15 is 0 Å². The van der Waals surface area contributed by atoms with Crippen LogP contribution in [0.15, 0.2) is 121 Å². The van der Waals surface area contributed by atoms with Gasteiger partial charge in [0.15, 0.2) is 0 Å². The summed E-state index contributed by atoms with van der Waals surface area (Å²) in [6.07, 6.45) is 8.75. The highest BCUT2D eigenvalue weighted by Crippen LogP contribution is 2.30. The largest absolute Gasteiger partial charge is 0.444 e. The zero-order valence-corrected chi connectivity index (χ0v) is 69.0. The number of aryl methyl sites for hydroxylation is 10. The van der Waals surface area contributed by atoms with Crippen molar-refractivity contribution in [3.8, 4) is 11.4 Å². The number of carbonyl (C=O) groups is 4. The van der Waals surface area contributed by atoms with Gasteiger partial charge >= 0.3 is 18.3 Å². The van der Waals surface area contributed by atoms with Crippen LogP contribution in [0.5, 0.6) is 0 Å². The third-order valence-electron chi connectivity index (χ3n) is 17.5. The molecule has 10 rings (SSSR count). The maximum atomic E-state index is 12.1. The van der Waals surface area contributed by atoms with E-state index in [0.29, 0.717) is 39.0 Å². The number of hydrogen-bond acceptors (Lipinski definition) is 15. The second kappa shape index (κ2) is 40.2. The fourth-order valence-electron chi connectivity index (χ4n) is 12.7. The standard InChI is InChI=1S/C25H35N3O3.C24H32N4O2.C21H29N3O2.C19H24N4/c1-7-8-22(29)28-23-18(3)27-17(2)15-21(23)16-20-11-9-19(10-12-20)13-14-26-24(30)31-25(4,5)6;1-7-8-21-27-22-17(3)26-16(2)15-20(22)28(21)19-11-9-18(10-12-19)13-14-25-23(29)30-24(4,5)6;1-14-12-18(19(22)15(2)24-14)13-17-8-6-16(7-9-17)10-11-23-20(25)26-21(3,4)5;1-4-5-18-22-19-14(3)21-13(2)12-17(19)23(18)16-8-6-15(7-9-16)10-11-20/h9-12,15H,7-8,13-14,16H2,1-6H3,(H,26,30)(H,28,29);9-12,15H,7-8,13-14H2,1-6H3,(H,25,29);6-9,12H,10-11,13,22H2,1-5H3,(H,23,25);6-9,12H,4-5,10-11,20H2,1-3H3. The maximum absolute atomic E-state index is 12.1. The van der Waals surface area contributed by atoms with Crippen molar-refractivity contribution in [2.75, 3.05) is 37.2 Å². The van der Waals surface area contributed by atoms with Crippen LogP contribution in [0.25, 0.3) is 33.4 Å². The summed E-state index contributed by atoms with van der Waals surface area (Å²) < 4.78 is 20.3. The van der Waals surface area contributed by atoms with E-state index in [1.807, 2.05) is 137 Å². The van der Waals surface area contributed by atoms with E-state index < -0.39 is 22.9 Å². The minimum Gasteiger partial charge on any atom is -0.444 e. The van der Waals surface area contributed by atoms with Crippen LogP contribution in [-0.4, -0.2) is 106 Å². The number of pyridine rings is 4. The molecule has 0 bridgehead atoms. The summed E-state index contributed by atoms with van der Waals surface area (Å²) in [5.41, 5.74) is 35.3. The highest BCUT2D eigenvalue weighted by Gasteiger charge is 2.22. The first kappa shape index (κ1) is 86.7. The van der Waals surface area contributed by atoms with Crippen molar-refractivity contribution in [1.29, 1.82) is 0 Å². The zero-order chi connectivity index (χ0) is 80.6. The van der Waals surface area contributed by atoms with E-state index in [-0.39, 0.29) is 18.1 Å². The highest BCUT2D eigenvalue weighted by molar-refractivity contribution is 5.92. The Balaban J connectivity index is 0.000000205. The van der Waals surface area contributed by atoms with Crippen LogP contribution < -0.4 is 32.7 Å². The Morgan fingerprint density at radius 2 is 0.727 bits per heavy atom. The second-order valence-electron chi connectivity index (χ2n) is 31.2. The fourth-order valence-corrected chi connectivity index (χ4v) is 12.7. The SMILES string of the molecule is CCCC(=O)Nc1c(Cc2ccc(CCNC(=O)OC(C)(C)C)cc2)cc(C)nc1C.CCCc1nc2c(C)nc(C)cc2n1-c1ccc(CCN)cc1.CCCc1nc2c(C)nc(C)cc2n1-c1ccc(CCNC(=O)OC(C)(C)C)cc1.Cc1cc(Cc2ccc(CCNC(=O)OC(C)(C)C)cc2)c(N)c(C)n1. The quantitative estimate of drug-likeness (QED) is 0.0307. The molecule has 0 saturated carbocycles. The van der Waals surface area contributed by atoms with Crippen LogP contribution in [0.4, 0.5) is 25.8 Å². The molecular weight excluding hydrogens is 1380 g/mol. The third kappa shape index (κ3) is 27.2. The first-order chi connectivity index (χ1) is 52.0. The molecular formula is C89H120N14O7. The van der Waals surface area contributed by atoms with E-state index in [1.165, 1.54) is 16.7 Å². The molecule has 110 heavy (non-hydrogen) atoms. The Bertz CT molecular complexity index is 4700. The third-order valence-corrected chi connectivity index (χ3v) is 17.5. The van der Waals surface area contributed by atoms with E-state index in [2.05, 4.69) is 173 Å². The number of amides is 4. The van der Waals surface area contributed by atoms with E-state index in [1.54, 1.807) is 0 Å². The van der Waals surface area contributed by atoms with Crippen molar-refractivity contribution in [2.45, 2.75) is 232 Å². The molecule has 0 aliphatic carbocycles. The molecule has 0 radical (unpaired) electrons. The van der Waals surface area contributed by atoms with E-state index in [9.17, 15) is 19.2 Å². The molecule has 21 nitrogen and oxygen atoms in total. The Morgan fingerprint density at radius 1 is 0.400 bits per heavy atom. The predicted octanol–water partition coefficient (Wildman–Crippen LogP) is 17.6. The summed E-state index contributed by atoms with van der Waals surface area (Å²) in [5, 5.41) is 11.4. The molecule has 0 aliphatic rings. The number of nitrogens with one attached hydrogen (secondary N) is 4. The molecule has 6 heterocycles. The van der Waals surface area contributed by atoms with Crippen molar-refractivity contribution in [3.63, 3.8) is 0 Å². The molecule has 10 aromatic rings. The fraction of sp³-hybridized carbons (Fsp3) is 0.438. The lowest BCUT2D eigenvalue weighted by atomic mass is 10.00. The number of nitrogen functional groups attached to an aromatic ring is 1. The molecule has 8 N–H and O–H groups in total. The van der Waals surface area contributed by atoms with Crippen molar-refractivity contribution in [1.82, 2.24) is 55.0 Å². The number of ether oxygens (including phenoxy) is 3. The number of hydrogen-bond donors (Lipinski definition) is 6. The number of rotatable bonds is 24. The monoisotopic (exact) mass is 1500 g/mol. The van der Waals surface area contributed by atoms with Gasteiger partial charge in [0, 0.05) is 73.0 Å². The van der Waals surface area contributed by atoms with Gasteiger partial charge in [-0.15, -0.1) is 0 Å². The summed E-state index contributed by atoms with van der Waals surface area (Å²) in [5.74, 6) is 2.18. The van der Waals surface area contributed by atoms with Gasteiger partial charge in [-0.25, -0.2) is 24.4 Å². The molecule has 4 aromatic carbocycles. The molecule has 0 aliphatic heterocycles. The first-order valence-corrected chi connectivity index (χ1v) is 38.7. The number of nitrogens with two attached hydrogens (primary N) is 2. The normalized spacial score (nSPS) is 11.4. The minimum absolute atomic E-state index is 0.0188. The van der Waals surface area contributed by atoms with Crippen LogP contribution in [0.3, 0.4) is 0 Å². The van der Waals surface area contributed by atoms with Gasteiger partial charge in [0.2, 0.25) is 5.91 Å². The molecule has 21 heteroatoms. The zero-order valence-electron chi connectivity index (χ0n) is 69.0. The lowest BCUT2D eigenvalue weighted by Crippen LogP contribution is -2.33. The van der Waals surface area contributed by atoms with Crippen LogP contribution in [0.2, 0.25) is 0 Å². The number of aromatic nitrogens is 8. The Morgan fingerprint density at radius 3 is 1.09 bits per heavy atom. The van der Waals surface area contributed by atoms with Crippen LogP contribution in [0, 0.1) is 55.4 Å². The number of alkyl carbamates (subject to hydrolysis) is 3. The number of anilines is 2. The molecule has 0 spiro atoms. The van der Waals surface area contributed by atoms with Gasteiger partial charge in [-0.3, -0.25) is 33.9 Å². The summed E-state index contributed by atoms with van der Waals surface area (Å²) in [4.78, 5) is 75.1. The minimum atomic E-state index is -0.496.